The Labute approximate surface area is 118 Å². The van der Waals surface area contributed by atoms with E-state index in [-0.39, 0.29) is 0 Å². The molecule has 1 aromatic rings. The van der Waals surface area contributed by atoms with Crippen LogP contribution >= 0.6 is 0 Å². The van der Waals surface area contributed by atoms with E-state index in [0.717, 1.165) is 38.4 Å². The first-order valence-corrected chi connectivity index (χ1v) is 7.48. The molecule has 0 radical (unpaired) electrons. The molecule has 0 bridgehead atoms. The van der Waals surface area contributed by atoms with Gasteiger partial charge in [-0.05, 0) is 56.8 Å². The standard InChI is InChI=1S/C16H29N3/c1-4-18(5-2)12-7-13-19(6-3)14-15-8-10-16(17)11-9-15/h8-11H,4-7,12-14,17H2,1-3H3. The second-order valence-electron chi connectivity index (χ2n) is 4.99. The Morgan fingerprint density at radius 1 is 0.842 bits per heavy atom. The van der Waals surface area contributed by atoms with E-state index in [1.54, 1.807) is 0 Å². The van der Waals surface area contributed by atoms with Crippen molar-refractivity contribution in [2.45, 2.75) is 33.7 Å². The molecule has 1 aromatic carbocycles. The average Bonchev–Trinajstić information content (AvgIpc) is 2.44. The van der Waals surface area contributed by atoms with Gasteiger partial charge < -0.3 is 10.6 Å². The lowest BCUT2D eigenvalue weighted by atomic mass is 10.2. The van der Waals surface area contributed by atoms with Crippen LogP contribution in [0.1, 0.15) is 32.8 Å². The normalized spacial score (nSPS) is 11.4. The quantitative estimate of drug-likeness (QED) is 0.695. The number of nitrogens with two attached hydrogens (primary N) is 1. The molecule has 19 heavy (non-hydrogen) atoms. The number of hydrogen-bond donors (Lipinski definition) is 1. The largest absolute Gasteiger partial charge is 0.399 e. The Morgan fingerprint density at radius 3 is 1.89 bits per heavy atom. The highest BCUT2D eigenvalue weighted by molar-refractivity contribution is 5.39. The summed E-state index contributed by atoms with van der Waals surface area (Å²) < 4.78 is 0. The van der Waals surface area contributed by atoms with Crippen LogP contribution < -0.4 is 5.73 Å². The first kappa shape index (κ1) is 16.0. The van der Waals surface area contributed by atoms with Crippen molar-refractivity contribution in [2.75, 3.05) is 38.5 Å². The van der Waals surface area contributed by atoms with Crippen molar-refractivity contribution >= 4 is 5.69 Å². The van der Waals surface area contributed by atoms with Crippen LogP contribution in [0.25, 0.3) is 0 Å². The van der Waals surface area contributed by atoms with Gasteiger partial charge in [-0.15, -0.1) is 0 Å². The lowest BCUT2D eigenvalue weighted by Gasteiger charge is -2.23. The van der Waals surface area contributed by atoms with Gasteiger partial charge in [-0.3, -0.25) is 4.90 Å². The molecule has 0 unspecified atom stereocenters. The first-order chi connectivity index (χ1) is 9.19. The van der Waals surface area contributed by atoms with Gasteiger partial charge in [0, 0.05) is 12.2 Å². The predicted octanol–water partition coefficient (Wildman–Crippen LogP) is 2.82. The number of nitrogens with zero attached hydrogens (tertiary/aromatic N) is 2. The third-order valence-corrected chi connectivity index (χ3v) is 3.68. The van der Waals surface area contributed by atoms with E-state index < -0.39 is 0 Å². The van der Waals surface area contributed by atoms with Gasteiger partial charge >= 0.3 is 0 Å². The zero-order chi connectivity index (χ0) is 14.1. The molecular formula is C16H29N3. The molecule has 0 amide bonds. The zero-order valence-electron chi connectivity index (χ0n) is 12.7. The third-order valence-electron chi connectivity index (χ3n) is 3.68. The molecule has 0 spiro atoms. The van der Waals surface area contributed by atoms with Crippen molar-refractivity contribution < 1.29 is 0 Å². The topological polar surface area (TPSA) is 32.5 Å². The van der Waals surface area contributed by atoms with Crippen molar-refractivity contribution in [3.8, 4) is 0 Å². The van der Waals surface area contributed by atoms with E-state index in [1.165, 1.54) is 18.5 Å². The Morgan fingerprint density at radius 2 is 1.37 bits per heavy atom. The second-order valence-corrected chi connectivity index (χ2v) is 4.99. The van der Waals surface area contributed by atoms with Gasteiger partial charge in [0.1, 0.15) is 0 Å². The van der Waals surface area contributed by atoms with Crippen molar-refractivity contribution in [3.63, 3.8) is 0 Å². The summed E-state index contributed by atoms with van der Waals surface area (Å²) in [5.74, 6) is 0. The van der Waals surface area contributed by atoms with Crippen LogP contribution in [0.4, 0.5) is 5.69 Å². The molecule has 1 rings (SSSR count). The van der Waals surface area contributed by atoms with Crippen LogP contribution in [-0.2, 0) is 6.54 Å². The van der Waals surface area contributed by atoms with Gasteiger partial charge in [-0.2, -0.15) is 0 Å². The maximum atomic E-state index is 5.71. The summed E-state index contributed by atoms with van der Waals surface area (Å²) in [6, 6.07) is 8.23. The molecule has 108 valence electrons. The molecule has 0 saturated carbocycles. The molecule has 0 aromatic heterocycles. The van der Waals surface area contributed by atoms with Crippen LogP contribution in [-0.4, -0.2) is 42.5 Å². The fourth-order valence-corrected chi connectivity index (χ4v) is 2.29. The minimum absolute atomic E-state index is 0.841. The molecule has 0 aliphatic carbocycles. The number of benzene rings is 1. The van der Waals surface area contributed by atoms with Crippen LogP contribution in [0.15, 0.2) is 24.3 Å². The lowest BCUT2D eigenvalue weighted by Crippen LogP contribution is -2.29. The van der Waals surface area contributed by atoms with Gasteiger partial charge in [-0.25, -0.2) is 0 Å². The van der Waals surface area contributed by atoms with Crippen molar-refractivity contribution in [3.05, 3.63) is 29.8 Å². The summed E-state index contributed by atoms with van der Waals surface area (Å²) >= 11 is 0. The zero-order valence-corrected chi connectivity index (χ0v) is 12.7. The van der Waals surface area contributed by atoms with Gasteiger partial charge in [0.15, 0.2) is 0 Å². The maximum absolute atomic E-state index is 5.71. The number of rotatable bonds is 9. The molecule has 3 nitrogen and oxygen atoms in total. The number of anilines is 1. The highest BCUT2D eigenvalue weighted by atomic mass is 15.1. The fourth-order valence-electron chi connectivity index (χ4n) is 2.29. The van der Waals surface area contributed by atoms with E-state index in [1.807, 2.05) is 12.1 Å². The summed E-state index contributed by atoms with van der Waals surface area (Å²) in [5.41, 5.74) is 7.90. The molecule has 0 fully saturated rings. The van der Waals surface area contributed by atoms with E-state index in [0.29, 0.717) is 0 Å². The summed E-state index contributed by atoms with van der Waals surface area (Å²) in [6.07, 6.45) is 1.24. The van der Waals surface area contributed by atoms with E-state index >= 15 is 0 Å². The minimum Gasteiger partial charge on any atom is -0.399 e. The molecule has 2 N–H and O–H groups in total. The Hall–Kier alpha value is -1.06. The SMILES string of the molecule is CCN(CC)CCCN(CC)Cc1ccc(N)cc1. The Balaban J connectivity index is 2.35. The van der Waals surface area contributed by atoms with E-state index in [4.69, 9.17) is 5.73 Å². The molecule has 3 heteroatoms. The smallest absolute Gasteiger partial charge is 0.0314 e. The Kier molecular flexibility index (Phi) is 7.53. The van der Waals surface area contributed by atoms with E-state index in [2.05, 4.69) is 42.7 Å². The Bertz CT molecular complexity index is 330. The van der Waals surface area contributed by atoms with Crippen LogP contribution in [0, 0.1) is 0 Å². The monoisotopic (exact) mass is 263 g/mol. The van der Waals surface area contributed by atoms with Gasteiger partial charge in [-0.1, -0.05) is 32.9 Å². The molecular weight excluding hydrogens is 234 g/mol. The van der Waals surface area contributed by atoms with Gasteiger partial charge in [0.2, 0.25) is 0 Å². The number of nitrogen functional groups attached to an aromatic ring is 1. The first-order valence-electron chi connectivity index (χ1n) is 7.48. The van der Waals surface area contributed by atoms with Crippen LogP contribution in [0.2, 0.25) is 0 Å². The predicted molar refractivity (Wildman–Crippen MR) is 84.2 cm³/mol. The molecule has 0 saturated heterocycles. The van der Waals surface area contributed by atoms with Crippen LogP contribution in [0.3, 0.4) is 0 Å². The van der Waals surface area contributed by atoms with Crippen LogP contribution in [0.5, 0.6) is 0 Å². The summed E-state index contributed by atoms with van der Waals surface area (Å²) in [6.45, 7) is 13.5. The average molecular weight is 263 g/mol. The summed E-state index contributed by atoms with van der Waals surface area (Å²) in [4.78, 5) is 4.98. The summed E-state index contributed by atoms with van der Waals surface area (Å²) in [5, 5.41) is 0. The van der Waals surface area contributed by atoms with E-state index in [9.17, 15) is 0 Å². The highest BCUT2D eigenvalue weighted by Crippen LogP contribution is 2.09. The van der Waals surface area contributed by atoms with Crippen molar-refractivity contribution in [1.29, 1.82) is 0 Å². The molecule has 0 atom stereocenters. The minimum atomic E-state index is 0.841. The molecule has 0 aliphatic heterocycles. The highest BCUT2D eigenvalue weighted by Gasteiger charge is 2.05. The fraction of sp³-hybridized carbons (Fsp3) is 0.625. The third kappa shape index (κ3) is 6.08. The summed E-state index contributed by atoms with van der Waals surface area (Å²) in [7, 11) is 0. The van der Waals surface area contributed by atoms with Gasteiger partial charge in [0.25, 0.3) is 0 Å². The second kappa shape index (κ2) is 8.94. The van der Waals surface area contributed by atoms with Crippen molar-refractivity contribution in [2.24, 2.45) is 0 Å². The van der Waals surface area contributed by atoms with Crippen molar-refractivity contribution in [1.82, 2.24) is 9.80 Å². The maximum Gasteiger partial charge on any atom is 0.0314 e. The lowest BCUT2D eigenvalue weighted by molar-refractivity contribution is 0.238. The molecule has 0 aliphatic rings. The number of hydrogen-bond acceptors (Lipinski definition) is 3. The molecule has 0 heterocycles. The van der Waals surface area contributed by atoms with Gasteiger partial charge in [0.05, 0.1) is 0 Å².